The number of para-hydroxylation sites is 1. The monoisotopic (exact) mass is 365 g/mol. The molecule has 4 nitrogen and oxygen atoms in total. The van der Waals surface area contributed by atoms with Crippen LogP contribution in [0.2, 0.25) is 5.02 Å². The van der Waals surface area contributed by atoms with Crippen molar-refractivity contribution in [3.8, 4) is 0 Å². The minimum atomic E-state index is -0.786. The third-order valence-corrected chi connectivity index (χ3v) is 4.57. The van der Waals surface area contributed by atoms with Gasteiger partial charge in [0.05, 0.1) is 0 Å². The van der Waals surface area contributed by atoms with Gasteiger partial charge in [-0.15, -0.1) is 0 Å². The highest BCUT2D eigenvalue weighted by atomic mass is 35.5. The number of halogens is 3. The van der Waals surface area contributed by atoms with Crippen molar-refractivity contribution < 1.29 is 13.6 Å². The number of carbonyl (C=O) groups is 1. The van der Waals surface area contributed by atoms with E-state index >= 15 is 0 Å². The molecular formula is C18H18ClF2N3O. The lowest BCUT2D eigenvalue weighted by atomic mass is 10.2. The predicted octanol–water partition coefficient (Wildman–Crippen LogP) is 3.97. The summed E-state index contributed by atoms with van der Waals surface area (Å²) < 4.78 is 27.3. The summed E-state index contributed by atoms with van der Waals surface area (Å²) in [6.45, 7) is 2.99. The van der Waals surface area contributed by atoms with E-state index in [2.05, 4.69) is 10.2 Å². The van der Waals surface area contributed by atoms with Gasteiger partial charge in [0, 0.05) is 37.7 Å². The molecule has 7 heteroatoms. The third-order valence-electron chi connectivity index (χ3n) is 4.21. The summed E-state index contributed by atoms with van der Waals surface area (Å²) >= 11 is 6.17. The van der Waals surface area contributed by atoms with E-state index in [9.17, 15) is 13.6 Å². The van der Waals surface area contributed by atoms with Gasteiger partial charge in [0.15, 0.2) is 0 Å². The number of carbonyl (C=O) groups excluding carboxylic acids is 1. The molecule has 132 valence electrons. The summed E-state index contributed by atoms with van der Waals surface area (Å²) in [5.74, 6) is -1.57. The SMILES string of the molecule is O=C(Nc1c(F)cccc1F)N1CCN(Cc2ccccc2Cl)CC1. The molecule has 1 heterocycles. The average Bonchev–Trinajstić information content (AvgIpc) is 2.61. The minimum absolute atomic E-state index is 0.411. The first kappa shape index (κ1) is 17.6. The Kier molecular flexibility index (Phi) is 5.50. The van der Waals surface area contributed by atoms with Crippen LogP contribution in [0.1, 0.15) is 5.56 Å². The minimum Gasteiger partial charge on any atom is -0.322 e. The molecule has 0 aromatic heterocycles. The molecule has 0 radical (unpaired) electrons. The van der Waals surface area contributed by atoms with Crippen molar-refractivity contribution in [3.63, 3.8) is 0 Å². The average molecular weight is 366 g/mol. The zero-order valence-corrected chi connectivity index (χ0v) is 14.3. The van der Waals surface area contributed by atoms with E-state index in [1.165, 1.54) is 6.07 Å². The number of hydrogen-bond donors (Lipinski definition) is 1. The zero-order valence-electron chi connectivity index (χ0n) is 13.5. The van der Waals surface area contributed by atoms with Crippen LogP contribution in [0.15, 0.2) is 42.5 Å². The fourth-order valence-corrected chi connectivity index (χ4v) is 2.98. The van der Waals surface area contributed by atoms with Crippen LogP contribution < -0.4 is 5.32 Å². The van der Waals surface area contributed by atoms with Crippen LogP contribution in [0.25, 0.3) is 0 Å². The molecule has 1 N–H and O–H groups in total. The molecule has 2 amide bonds. The quantitative estimate of drug-likeness (QED) is 0.893. The maximum Gasteiger partial charge on any atom is 0.322 e. The van der Waals surface area contributed by atoms with Crippen LogP contribution in [-0.2, 0) is 6.54 Å². The molecule has 0 spiro atoms. The summed E-state index contributed by atoms with van der Waals surface area (Å²) in [6.07, 6.45) is 0. The molecule has 2 aromatic carbocycles. The number of anilines is 1. The highest BCUT2D eigenvalue weighted by Gasteiger charge is 2.23. The Labute approximate surface area is 150 Å². The Morgan fingerprint density at radius 3 is 2.28 bits per heavy atom. The summed E-state index contributed by atoms with van der Waals surface area (Å²) in [7, 11) is 0. The first-order valence-corrected chi connectivity index (χ1v) is 8.38. The Balaban J connectivity index is 1.55. The Morgan fingerprint density at radius 2 is 1.64 bits per heavy atom. The van der Waals surface area contributed by atoms with Crippen molar-refractivity contribution in [1.82, 2.24) is 9.80 Å². The van der Waals surface area contributed by atoms with Crippen molar-refractivity contribution in [2.75, 3.05) is 31.5 Å². The summed E-state index contributed by atoms with van der Waals surface area (Å²) in [6, 6.07) is 10.6. The topological polar surface area (TPSA) is 35.6 Å². The molecule has 1 saturated heterocycles. The summed E-state index contributed by atoms with van der Waals surface area (Å²) in [4.78, 5) is 16.0. The second-order valence-corrected chi connectivity index (χ2v) is 6.29. The van der Waals surface area contributed by atoms with E-state index in [-0.39, 0.29) is 0 Å². The largest absolute Gasteiger partial charge is 0.322 e. The summed E-state index contributed by atoms with van der Waals surface area (Å²) in [5, 5.41) is 3.04. The standard InChI is InChI=1S/C18H18ClF2N3O/c19-14-5-2-1-4-13(14)12-23-8-10-24(11-9-23)18(25)22-17-15(20)6-3-7-16(17)21/h1-7H,8-12H2,(H,22,25). The lowest BCUT2D eigenvalue weighted by Crippen LogP contribution is -2.49. The number of amides is 2. The number of benzene rings is 2. The van der Waals surface area contributed by atoms with E-state index in [0.29, 0.717) is 32.7 Å². The van der Waals surface area contributed by atoms with Crippen LogP contribution in [0.3, 0.4) is 0 Å². The van der Waals surface area contributed by atoms with E-state index in [0.717, 1.165) is 22.7 Å². The van der Waals surface area contributed by atoms with Gasteiger partial charge in [-0.2, -0.15) is 0 Å². The second kappa shape index (κ2) is 7.80. The van der Waals surface area contributed by atoms with Crippen molar-refractivity contribution in [1.29, 1.82) is 0 Å². The van der Waals surface area contributed by atoms with Crippen molar-refractivity contribution in [3.05, 3.63) is 64.7 Å². The van der Waals surface area contributed by atoms with Crippen LogP contribution >= 0.6 is 11.6 Å². The number of urea groups is 1. The van der Waals surface area contributed by atoms with Gasteiger partial charge < -0.3 is 10.2 Å². The molecule has 1 aliphatic rings. The molecule has 1 aliphatic heterocycles. The number of rotatable bonds is 3. The van der Waals surface area contributed by atoms with Gasteiger partial charge in [-0.05, 0) is 23.8 Å². The smallest absolute Gasteiger partial charge is 0.322 e. The number of hydrogen-bond acceptors (Lipinski definition) is 2. The Bertz CT molecular complexity index is 743. The van der Waals surface area contributed by atoms with Crippen LogP contribution in [0, 0.1) is 11.6 Å². The van der Waals surface area contributed by atoms with Crippen LogP contribution in [0.4, 0.5) is 19.3 Å². The lowest BCUT2D eigenvalue weighted by Gasteiger charge is -2.34. The van der Waals surface area contributed by atoms with Gasteiger partial charge >= 0.3 is 6.03 Å². The molecule has 0 atom stereocenters. The number of nitrogens with zero attached hydrogens (tertiary/aromatic N) is 2. The van der Waals surface area contributed by atoms with E-state index < -0.39 is 23.4 Å². The fourth-order valence-electron chi connectivity index (χ4n) is 2.78. The lowest BCUT2D eigenvalue weighted by molar-refractivity contribution is 0.143. The van der Waals surface area contributed by atoms with Gasteiger partial charge in [0.2, 0.25) is 0 Å². The van der Waals surface area contributed by atoms with E-state index in [1.807, 2.05) is 24.3 Å². The molecule has 0 aliphatic carbocycles. The molecule has 25 heavy (non-hydrogen) atoms. The molecule has 0 unspecified atom stereocenters. The molecule has 0 saturated carbocycles. The van der Waals surface area contributed by atoms with Gasteiger partial charge in [-0.25, -0.2) is 13.6 Å². The first-order chi connectivity index (χ1) is 12.0. The van der Waals surface area contributed by atoms with E-state index in [4.69, 9.17) is 11.6 Å². The Morgan fingerprint density at radius 1 is 1.00 bits per heavy atom. The molecule has 3 rings (SSSR count). The number of piperazine rings is 1. The highest BCUT2D eigenvalue weighted by Crippen LogP contribution is 2.20. The predicted molar refractivity (Wildman–Crippen MR) is 93.7 cm³/mol. The maximum absolute atomic E-state index is 13.6. The molecule has 2 aromatic rings. The maximum atomic E-state index is 13.6. The van der Waals surface area contributed by atoms with Crippen molar-refractivity contribution in [2.24, 2.45) is 0 Å². The van der Waals surface area contributed by atoms with Gasteiger partial charge in [0.1, 0.15) is 17.3 Å². The van der Waals surface area contributed by atoms with Crippen molar-refractivity contribution >= 4 is 23.3 Å². The zero-order chi connectivity index (χ0) is 17.8. The highest BCUT2D eigenvalue weighted by molar-refractivity contribution is 6.31. The van der Waals surface area contributed by atoms with Gasteiger partial charge in [0.25, 0.3) is 0 Å². The molecule has 1 fully saturated rings. The Hall–Kier alpha value is -2.18. The van der Waals surface area contributed by atoms with Gasteiger partial charge in [-0.1, -0.05) is 35.9 Å². The van der Waals surface area contributed by atoms with E-state index in [1.54, 1.807) is 4.90 Å². The second-order valence-electron chi connectivity index (χ2n) is 5.88. The fraction of sp³-hybridized carbons (Fsp3) is 0.278. The van der Waals surface area contributed by atoms with Crippen LogP contribution in [-0.4, -0.2) is 42.0 Å². The molecule has 0 bridgehead atoms. The summed E-state index contributed by atoms with van der Waals surface area (Å²) in [5.41, 5.74) is 0.626. The van der Waals surface area contributed by atoms with Gasteiger partial charge in [-0.3, -0.25) is 4.90 Å². The number of nitrogens with one attached hydrogen (secondary N) is 1. The first-order valence-electron chi connectivity index (χ1n) is 8.00. The normalized spacial score (nSPS) is 15.2. The third kappa shape index (κ3) is 4.27. The van der Waals surface area contributed by atoms with Crippen LogP contribution in [0.5, 0.6) is 0 Å². The van der Waals surface area contributed by atoms with Crippen molar-refractivity contribution in [2.45, 2.75) is 6.54 Å². The molecular weight excluding hydrogens is 348 g/mol.